The third-order valence-corrected chi connectivity index (χ3v) is 3.26. The van der Waals surface area contributed by atoms with Crippen molar-refractivity contribution < 1.29 is 9.32 Å². The number of carbonyl (C=O) groups is 1. The number of nitrogens with zero attached hydrogens (tertiary/aromatic N) is 3. The van der Waals surface area contributed by atoms with E-state index in [0.29, 0.717) is 23.2 Å². The number of benzene rings is 1. The van der Waals surface area contributed by atoms with Gasteiger partial charge in [0.25, 0.3) is 5.91 Å². The molecule has 0 aliphatic carbocycles. The number of anilines is 1. The predicted molar refractivity (Wildman–Crippen MR) is 79.3 cm³/mol. The molecule has 0 saturated carbocycles. The third-order valence-electron chi connectivity index (χ3n) is 3.26. The van der Waals surface area contributed by atoms with Gasteiger partial charge in [-0.1, -0.05) is 5.16 Å². The van der Waals surface area contributed by atoms with Crippen LogP contribution in [0.1, 0.15) is 36.0 Å². The van der Waals surface area contributed by atoms with Gasteiger partial charge >= 0.3 is 0 Å². The number of amides is 1. The monoisotopic (exact) mass is 284 g/mol. The van der Waals surface area contributed by atoms with Crippen molar-refractivity contribution in [1.29, 1.82) is 0 Å². The fourth-order valence-electron chi connectivity index (χ4n) is 2.20. The number of imidazole rings is 1. The van der Waals surface area contributed by atoms with Crippen molar-refractivity contribution in [2.45, 2.75) is 26.8 Å². The van der Waals surface area contributed by atoms with Gasteiger partial charge in [0.1, 0.15) is 5.76 Å². The maximum Gasteiger partial charge on any atom is 0.256 e. The molecule has 0 spiro atoms. The second-order valence-electron chi connectivity index (χ2n) is 5.23. The molecule has 6 heteroatoms. The van der Waals surface area contributed by atoms with Crippen molar-refractivity contribution in [1.82, 2.24) is 14.7 Å². The Kier molecular flexibility index (Phi) is 3.21. The van der Waals surface area contributed by atoms with Crippen molar-refractivity contribution in [3.05, 3.63) is 41.9 Å². The van der Waals surface area contributed by atoms with Crippen LogP contribution in [0.3, 0.4) is 0 Å². The highest BCUT2D eigenvalue weighted by Gasteiger charge is 2.12. The minimum absolute atomic E-state index is 0.232. The first-order valence-corrected chi connectivity index (χ1v) is 6.76. The molecule has 2 heterocycles. The summed E-state index contributed by atoms with van der Waals surface area (Å²) in [5, 5.41) is 6.44. The lowest BCUT2D eigenvalue weighted by molar-refractivity contribution is 0.102. The smallest absolute Gasteiger partial charge is 0.256 e. The Bertz CT molecular complexity index is 801. The number of hydrogen-bond acceptors (Lipinski definition) is 4. The van der Waals surface area contributed by atoms with E-state index in [1.54, 1.807) is 31.5 Å². The Hall–Kier alpha value is -2.63. The molecule has 0 fully saturated rings. The molecule has 0 unspecified atom stereocenters. The van der Waals surface area contributed by atoms with E-state index < -0.39 is 0 Å². The molecule has 6 nitrogen and oxygen atoms in total. The summed E-state index contributed by atoms with van der Waals surface area (Å²) >= 11 is 0. The van der Waals surface area contributed by atoms with E-state index in [4.69, 9.17) is 4.52 Å². The molecule has 0 aliphatic heterocycles. The summed E-state index contributed by atoms with van der Waals surface area (Å²) in [5.41, 5.74) is 2.35. The van der Waals surface area contributed by atoms with Crippen LogP contribution < -0.4 is 5.32 Å². The quantitative estimate of drug-likeness (QED) is 0.801. The largest absolute Gasteiger partial charge is 0.360 e. The fraction of sp³-hybridized carbons (Fsp3) is 0.267. The van der Waals surface area contributed by atoms with Crippen molar-refractivity contribution in [2.24, 2.45) is 0 Å². The molecule has 108 valence electrons. The number of carbonyl (C=O) groups excluding carboxylic acids is 1. The highest BCUT2D eigenvalue weighted by atomic mass is 16.5. The minimum Gasteiger partial charge on any atom is -0.360 e. The molecule has 0 bridgehead atoms. The summed E-state index contributed by atoms with van der Waals surface area (Å²) in [6.07, 6.45) is 1.79. The molecular formula is C15H16N4O2. The molecule has 0 atom stereocenters. The van der Waals surface area contributed by atoms with Crippen LogP contribution >= 0.6 is 0 Å². The van der Waals surface area contributed by atoms with Crippen LogP contribution in [-0.4, -0.2) is 20.6 Å². The maximum atomic E-state index is 12.2. The molecule has 1 aromatic carbocycles. The van der Waals surface area contributed by atoms with E-state index >= 15 is 0 Å². The van der Waals surface area contributed by atoms with E-state index in [9.17, 15) is 4.79 Å². The Morgan fingerprint density at radius 1 is 1.33 bits per heavy atom. The average Bonchev–Trinajstić information content (AvgIpc) is 3.04. The lowest BCUT2D eigenvalue weighted by Gasteiger charge is -2.08. The molecule has 3 aromatic rings. The summed E-state index contributed by atoms with van der Waals surface area (Å²) in [7, 11) is 0. The van der Waals surface area contributed by atoms with Gasteiger partial charge in [-0.25, -0.2) is 4.98 Å². The minimum atomic E-state index is -0.232. The molecule has 2 aromatic heterocycles. The van der Waals surface area contributed by atoms with Gasteiger partial charge in [-0.3, -0.25) is 4.79 Å². The predicted octanol–water partition coefficient (Wildman–Crippen LogP) is 3.17. The van der Waals surface area contributed by atoms with Crippen molar-refractivity contribution >= 4 is 22.8 Å². The van der Waals surface area contributed by atoms with Crippen LogP contribution in [0.4, 0.5) is 5.82 Å². The van der Waals surface area contributed by atoms with Gasteiger partial charge in [0, 0.05) is 17.7 Å². The van der Waals surface area contributed by atoms with Gasteiger partial charge in [0.2, 0.25) is 0 Å². The summed E-state index contributed by atoms with van der Waals surface area (Å²) in [5.74, 6) is 0.825. The van der Waals surface area contributed by atoms with E-state index in [0.717, 1.165) is 11.0 Å². The van der Waals surface area contributed by atoms with E-state index in [1.807, 2.05) is 6.07 Å². The molecule has 3 rings (SSSR count). The molecule has 0 saturated heterocycles. The first-order chi connectivity index (χ1) is 10.0. The highest BCUT2D eigenvalue weighted by Crippen LogP contribution is 2.19. The van der Waals surface area contributed by atoms with E-state index in [1.165, 1.54) is 0 Å². The molecule has 21 heavy (non-hydrogen) atoms. The summed E-state index contributed by atoms with van der Waals surface area (Å²) in [6, 6.07) is 7.46. The maximum absolute atomic E-state index is 12.2. The van der Waals surface area contributed by atoms with Crippen LogP contribution in [0.2, 0.25) is 0 Å². The van der Waals surface area contributed by atoms with Crippen LogP contribution in [-0.2, 0) is 0 Å². The Morgan fingerprint density at radius 2 is 2.14 bits per heavy atom. The zero-order valence-electron chi connectivity index (χ0n) is 12.1. The standard InChI is InChI=1S/C15H16N4O2/c1-9(2)19-8-16-12-7-11(4-5-13(12)19)15(20)17-14-6-10(3)21-18-14/h4-9H,1-3H3,(H,17,18,20). The Morgan fingerprint density at radius 3 is 2.81 bits per heavy atom. The van der Waals surface area contributed by atoms with Crippen LogP contribution in [0.15, 0.2) is 35.1 Å². The second kappa shape index (κ2) is 5.05. The molecule has 0 aliphatic rings. The Labute approximate surface area is 121 Å². The summed E-state index contributed by atoms with van der Waals surface area (Å²) < 4.78 is 6.99. The highest BCUT2D eigenvalue weighted by molar-refractivity contribution is 6.05. The van der Waals surface area contributed by atoms with Crippen LogP contribution in [0.5, 0.6) is 0 Å². The number of rotatable bonds is 3. The number of fused-ring (bicyclic) bond motifs is 1. The number of aromatic nitrogens is 3. The van der Waals surface area contributed by atoms with Crippen LogP contribution in [0.25, 0.3) is 11.0 Å². The molecule has 1 amide bonds. The zero-order valence-corrected chi connectivity index (χ0v) is 12.1. The van der Waals surface area contributed by atoms with Gasteiger partial charge in [-0.15, -0.1) is 0 Å². The van der Waals surface area contributed by atoms with Crippen molar-refractivity contribution in [3.8, 4) is 0 Å². The van der Waals surface area contributed by atoms with E-state index in [-0.39, 0.29) is 5.91 Å². The van der Waals surface area contributed by atoms with E-state index in [2.05, 4.69) is 33.9 Å². The normalized spacial score (nSPS) is 11.2. The van der Waals surface area contributed by atoms with Crippen molar-refractivity contribution in [3.63, 3.8) is 0 Å². The van der Waals surface area contributed by atoms with Gasteiger partial charge in [-0.2, -0.15) is 0 Å². The first-order valence-electron chi connectivity index (χ1n) is 6.76. The topological polar surface area (TPSA) is 73.0 Å². The number of aryl methyl sites for hydroxylation is 1. The number of hydrogen-bond donors (Lipinski definition) is 1. The van der Waals surface area contributed by atoms with Gasteiger partial charge < -0.3 is 14.4 Å². The lowest BCUT2D eigenvalue weighted by Crippen LogP contribution is -2.12. The van der Waals surface area contributed by atoms with Gasteiger partial charge in [-0.05, 0) is 39.0 Å². The van der Waals surface area contributed by atoms with Gasteiger partial charge in [0.05, 0.1) is 17.4 Å². The SMILES string of the molecule is Cc1cc(NC(=O)c2ccc3c(c2)ncn3C(C)C)no1. The zero-order chi connectivity index (χ0) is 15.0. The van der Waals surface area contributed by atoms with Crippen molar-refractivity contribution in [2.75, 3.05) is 5.32 Å². The first kappa shape index (κ1) is 13.4. The second-order valence-corrected chi connectivity index (χ2v) is 5.23. The fourth-order valence-corrected chi connectivity index (χ4v) is 2.20. The summed E-state index contributed by atoms with van der Waals surface area (Å²) in [4.78, 5) is 16.5. The Balaban J connectivity index is 1.88. The molecule has 0 radical (unpaired) electrons. The lowest BCUT2D eigenvalue weighted by atomic mass is 10.2. The molecule has 1 N–H and O–H groups in total. The van der Waals surface area contributed by atoms with Crippen LogP contribution in [0, 0.1) is 6.92 Å². The summed E-state index contributed by atoms with van der Waals surface area (Å²) in [6.45, 7) is 5.95. The average molecular weight is 284 g/mol. The third kappa shape index (κ3) is 2.52. The number of nitrogens with one attached hydrogen (secondary N) is 1. The molecular weight excluding hydrogens is 268 g/mol. The van der Waals surface area contributed by atoms with Gasteiger partial charge in [0.15, 0.2) is 5.82 Å².